The molecule has 0 aliphatic heterocycles. The molecule has 1 N–H and O–H groups in total. The number of hydrogen-bond donors (Lipinski definition) is 1. The monoisotopic (exact) mass is 302 g/mol. The highest BCUT2D eigenvalue weighted by Gasteiger charge is 2.10. The summed E-state index contributed by atoms with van der Waals surface area (Å²) < 4.78 is 10.6. The number of carbonyl (C=O) groups is 1. The zero-order valence-electron chi connectivity index (χ0n) is 13.3. The summed E-state index contributed by atoms with van der Waals surface area (Å²) in [5.74, 6) is 1.61. The molecule has 0 bridgehead atoms. The summed E-state index contributed by atoms with van der Waals surface area (Å²) in [6.07, 6.45) is 1.07. The summed E-state index contributed by atoms with van der Waals surface area (Å²) in [6, 6.07) is 7.85. The number of carbonyl (C=O) groups excluding carboxylic acids is 1. The average molecular weight is 302 g/mol. The van der Waals surface area contributed by atoms with Crippen molar-refractivity contribution < 1.29 is 14.1 Å². The van der Waals surface area contributed by atoms with Crippen molar-refractivity contribution in [3.63, 3.8) is 0 Å². The molecule has 1 amide bonds. The molecule has 0 aliphatic rings. The number of aromatic nitrogens is 1. The fourth-order valence-electron chi connectivity index (χ4n) is 2.18. The van der Waals surface area contributed by atoms with E-state index in [0.29, 0.717) is 26.0 Å². The molecule has 0 unspecified atom stereocenters. The van der Waals surface area contributed by atoms with Crippen LogP contribution in [-0.4, -0.2) is 24.2 Å². The molecular formula is C17H22N2O3. The van der Waals surface area contributed by atoms with Gasteiger partial charge in [0.2, 0.25) is 5.91 Å². The summed E-state index contributed by atoms with van der Waals surface area (Å²) in [5, 5.41) is 6.73. The van der Waals surface area contributed by atoms with Gasteiger partial charge in [-0.1, -0.05) is 22.9 Å². The largest absolute Gasteiger partial charge is 0.492 e. The molecule has 0 saturated carbocycles. The Morgan fingerprint density at radius 3 is 2.59 bits per heavy atom. The van der Waals surface area contributed by atoms with Gasteiger partial charge < -0.3 is 14.6 Å². The van der Waals surface area contributed by atoms with Crippen molar-refractivity contribution >= 4 is 5.91 Å². The van der Waals surface area contributed by atoms with Crippen LogP contribution in [-0.2, 0) is 11.2 Å². The summed E-state index contributed by atoms with van der Waals surface area (Å²) in [4.78, 5) is 11.8. The van der Waals surface area contributed by atoms with Crippen LogP contribution in [0.3, 0.4) is 0 Å². The second-order valence-corrected chi connectivity index (χ2v) is 5.31. The third-order valence-electron chi connectivity index (χ3n) is 3.50. The fraction of sp³-hybridized carbons (Fsp3) is 0.412. The van der Waals surface area contributed by atoms with Gasteiger partial charge in [0.15, 0.2) is 0 Å². The molecule has 0 fully saturated rings. The van der Waals surface area contributed by atoms with Gasteiger partial charge in [0, 0.05) is 12.0 Å². The average Bonchev–Trinajstić information content (AvgIpc) is 2.82. The Kier molecular flexibility index (Phi) is 5.58. The molecule has 0 aliphatic carbocycles. The first-order chi connectivity index (χ1) is 10.6. The highest BCUT2D eigenvalue weighted by Crippen LogP contribution is 2.14. The molecule has 0 saturated heterocycles. The van der Waals surface area contributed by atoms with E-state index in [0.717, 1.165) is 22.8 Å². The Morgan fingerprint density at radius 2 is 1.95 bits per heavy atom. The Morgan fingerprint density at radius 1 is 1.23 bits per heavy atom. The molecule has 2 aromatic rings. The van der Waals surface area contributed by atoms with Crippen LogP contribution in [0.4, 0.5) is 0 Å². The zero-order valence-corrected chi connectivity index (χ0v) is 13.3. The van der Waals surface area contributed by atoms with Gasteiger partial charge in [-0.05, 0) is 39.3 Å². The number of rotatable bonds is 7. The van der Waals surface area contributed by atoms with Gasteiger partial charge in [0.1, 0.15) is 18.1 Å². The third kappa shape index (κ3) is 4.62. The molecule has 1 aromatic heterocycles. The maximum absolute atomic E-state index is 11.8. The molecular weight excluding hydrogens is 280 g/mol. The minimum atomic E-state index is 0.00695. The lowest BCUT2D eigenvalue weighted by molar-refractivity contribution is -0.121. The van der Waals surface area contributed by atoms with Crippen LogP contribution in [0.2, 0.25) is 0 Å². The van der Waals surface area contributed by atoms with Crippen LogP contribution in [0.1, 0.15) is 29.0 Å². The highest BCUT2D eigenvalue weighted by atomic mass is 16.5. The zero-order chi connectivity index (χ0) is 15.9. The van der Waals surface area contributed by atoms with E-state index in [1.54, 1.807) is 0 Å². The van der Waals surface area contributed by atoms with Gasteiger partial charge in [-0.15, -0.1) is 0 Å². The van der Waals surface area contributed by atoms with Gasteiger partial charge in [-0.2, -0.15) is 0 Å². The standard InChI is InChI=1S/C17H22N2O3/c1-12-4-6-15(7-5-12)21-11-10-18-17(20)9-8-16-13(2)19-22-14(16)3/h4-7H,8-11H2,1-3H3,(H,18,20). The van der Waals surface area contributed by atoms with Crippen LogP contribution in [0.5, 0.6) is 5.75 Å². The number of ether oxygens (including phenoxy) is 1. The third-order valence-corrected chi connectivity index (χ3v) is 3.50. The van der Waals surface area contributed by atoms with Gasteiger partial charge in [-0.3, -0.25) is 4.79 Å². The Bertz CT molecular complexity index is 598. The minimum absolute atomic E-state index is 0.00695. The highest BCUT2D eigenvalue weighted by molar-refractivity contribution is 5.76. The number of benzene rings is 1. The lowest BCUT2D eigenvalue weighted by Crippen LogP contribution is -2.28. The molecule has 1 heterocycles. The number of amides is 1. The smallest absolute Gasteiger partial charge is 0.220 e. The van der Waals surface area contributed by atoms with E-state index in [1.165, 1.54) is 5.56 Å². The van der Waals surface area contributed by atoms with E-state index in [2.05, 4.69) is 10.5 Å². The van der Waals surface area contributed by atoms with Gasteiger partial charge in [0.05, 0.1) is 12.2 Å². The molecule has 118 valence electrons. The predicted octanol–water partition coefficient (Wildman–Crippen LogP) is 2.73. The minimum Gasteiger partial charge on any atom is -0.492 e. The quantitative estimate of drug-likeness (QED) is 0.799. The van der Waals surface area contributed by atoms with Crippen molar-refractivity contribution in [3.05, 3.63) is 46.8 Å². The van der Waals surface area contributed by atoms with Crippen LogP contribution in [0, 0.1) is 20.8 Å². The molecule has 5 nitrogen and oxygen atoms in total. The van der Waals surface area contributed by atoms with Crippen LogP contribution >= 0.6 is 0 Å². The van der Waals surface area contributed by atoms with E-state index >= 15 is 0 Å². The normalized spacial score (nSPS) is 10.5. The molecule has 2 rings (SSSR count). The lowest BCUT2D eigenvalue weighted by atomic mass is 10.1. The van der Waals surface area contributed by atoms with Crippen LogP contribution in [0.25, 0.3) is 0 Å². The second-order valence-electron chi connectivity index (χ2n) is 5.31. The Labute approximate surface area is 130 Å². The number of nitrogens with zero attached hydrogens (tertiary/aromatic N) is 1. The number of hydrogen-bond acceptors (Lipinski definition) is 4. The predicted molar refractivity (Wildman–Crippen MR) is 84.0 cm³/mol. The number of aryl methyl sites for hydroxylation is 3. The van der Waals surface area contributed by atoms with Crippen molar-refractivity contribution in [1.29, 1.82) is 0 Å². The van der Waals surface area contributed by atoms with Crippen molar-refractivity contribution in [2.45, 2.75) is 33.6 Å². The number of nitrogens with one attached hydrogen (secondary N) is 1. The fourth-order valence-corrected chi connectivity index (χ4v) is 2.18. The van der Waals surface area contributed by atoms with Crippen molar-refractivity contribution in [1.82, 2.24) is 10.5 Å². The first-order valence-electron chi connectivity index (χ1n) is 7.44. The Hall–Kier alpha value is -2.30. The molecule has 5 heteroatoms. The first-order valence-corrected chi connectivity index (χ1v) is 7.44. The topological polar surface area (TPSA) is 64.4 Å². The van der Waals surface area contributed by atoms with Crippen molar-refractivity contribution in [3.8, 4) is 5.75 Å². The summed E-state index contributed by atoms with van der Waals surface area (Å²) in [6.45, 7) is 6.74. The summed E-state index contributed by atoms with van der Waals surface area (Å²) >= 11 is 0. The maximum Gasteiger partial charge on any atom is 0.220 e. The van der Waals surface area contributed by atoms with Gasteiger partial charge in [-0.25, -0.2) is 0 Å². The summed E-state index contributed by atoms with van der Waals surface area (Å²) in [5.41, 5.74) is 3.07. The van der Waals surface area contributed by atoms with Crippen molar-refractivity contribution in [2.24, 2.45) is 0 Å². The molecule has 22 heavy (non-hydrogen) atoms. The van der Waals surface area contributed by atoms with E-state index in [1.807, 2.05) is 45.0 Å². The van der Waals surface area contributed by atoms with Crippen LogP contribution < -0.4 is 10.1 Å². The van der Waals surface area contributed by atoms with Crippen molar-refractivity contribution in [2.75, 3.05) is 13.2 Å². The maximum atomic E-state index is 11.8. The molecule has 0 atom stereocenters. The summed E-state index contributed by atoms with van der Waals surface area (Å²) in [7, 11) is 0. The van der Waals surface area contributed by atoms with Gasteiger partial charge >= 0.3 is 0 Å². The molecule has 1 aromatic carbocycles. The molecule has 0 radical (unpaired) electrons. The van der Waals surface area contributed by atoms with Gasteiger partial charge in [0.25, 0.3) is 0 Å². The Balaban J connectivity index is 1.65. The van der Waals surface area contributed by atoms with Crippen LogP contribution in [0.15, 0.2) is 28.8 Å². The van der Waals surface area contributed by atoms with E-state index < -0.39 is 0 Å². The second kappa shape index (κ2) is 7.64. The lowest BCUT2D eigenvalue weighted by Gasteiger charge is -2.08. The van der Waals surface area contributed by atoms with E-state index in [9.17, 15) is 4.79 Å². The first kappa shape index (κ1) is 16.1. The molecule has 0 spiro atoms. The van der Waals surface area contributed by atoms with E-state index in [-0.39, 0.29) is 5.91 Å². The van der Waals surface area contributed by atoms with E-state index in [4.69, 9.17) is 9.26 Å². The SMILES string of the molecule is Cc1ccc(OCCNC(=O)CCc2c(C)noc2C)cc1.